The lowest BCUT2D eigenvalue weighted by Crippen LogP contribution is -2.27. The standard InChI is InChI=1S/C58H49N3/c1-39-14-12-25-56(60-39)46-20-13-19-44(34-46)41-27-29-42(30-28-41)47-35-48(45-31-32-54-52-23-9-8-21-50(52)51-22-10-11-24-53(51)55(54)38-45)37-49(36-47)58(59)61-57(43-17-6-3-7-18-43)33-26-40-15-4-2-5-16-40/h2-7,9-20,22-25,27-38,56,58,60-61H,8,21,26,59H2,1H3/b57-33-. The van der Waals surface area contributed by atoms with Crippen molar-refractivity contribution in [2.24, 2.45) is 5.73 Å². The van der Waals surface area contributed by atoms with Crippen LogP contribution in [0.25, 0.3) is 66.7 Å². The first kappa shape index (κ1) is 38.0. The molecule has 296 valence electrons. The van der Waals surface area contributed by atoms with E-state index >= 15 is 0 Å². The van der Waals surface area contributed by atoms with Gasteiger partial charge in [0.05, 0.1) is 6.04 Å². The molecule has 61 heavy (non-hydrogen) atoms. The third-order valence-corrected chi connectivity index (χ3v) is 12.3. The first-order valence-electron chi connectivity index (χ1n) is 21.5. The molecule has 2 atom stereocenters. The minimum Gasteiger partial charge on any atom is -0.378 e. The Kier molecular flexibility index (Phi) is 10.5. The smallest absolute Gasteiger partial charge is 0.101 e. The fourth-order valence-electron chi connectivity index (χ4n) is 9.10. The van der Waals surface area contributed by atoms with Crippen molar-refractivity contribution in [1.29, 1.82) is 0 Å². The molecule has 10 rings (SSSR count). The summed E-state index contributed by atoms with van der Waals surface area (Å²) >= 11 is 0. The summed E-state index contributed by atoms with van der Waals surface area (Å²) in [6.45, 7) is 2.11. The van der Waals surface area contributed by atoms with Gasteiger partial charge < -0.3 is 16.4 Å². The van der Waals surface area contributed by atoms with E-state index in [9.17, 15) is 0 Å². The third kappa shape index (κ3) is 7.96. The molecule has 0 amide bonds. The number of aryl methyl sites for hydroxylation is 1. The van der Waals surface area contributed by atoms with E-state index in [1.807, 2.05) is 0 Å². The third-order valence-electron chi connectivity index (χ3n) is 12.3. The molecule has 0 bridgehead atoms. The van der Waals surface area contributed by atoms with Gasteiger partial charge in [-0.05, 0) is 151 Å². The van der Waals surface area contributed by atoms with Gasteiger partial charge in [0.15, 0.2) is 0 Å². The maximum atomic E-state index is 7.25. The molecule has 0 aromatic heterocycles. The van der Waals surface area contributed by atoms with Crippen molar-refractivity contribution >= 4 is 33.3 Å². The number of hydrogen-bond acceptors (Lipinski definition) is 3. The van der Waals surface area contributed by atoms with Gasteiger partial charge in [0.1, 0.15) is 6.17 Å². The van der Waals surface area contributed by atoms with E-state index in [0.29, 0.717) is 0 Å². The molecule has 1 heterocycles. The van der Waals surface area contributed by atoms with E-state index in [1.54, 1.807) is 0 Å². The van der Waals surface area contributed by atoms with Crippen molar-refractivity contribution in [3.05, 3.63) is 239 Å². The van der Waals surface area contributed by atoms with Crippen LogP contribution in [0.3, 0.4) is 0 Å². The Morgan fingerprint density at radius 3 is 2.13 bits per heavy atom. The molecule has 0 spiro atoms. The number of hydrogen-bond donors (Lipinski definition) is 3. The molecule has 1 aliphatic heterocycles. The van der Waals surface area contributed by atoms with Gasteiger partial charge in [-0.1, -0.05) is 170 Å². The van der Waals surface area contributed by atoms with Gasteiger partial charge in [0.2, 0.25) is 0 Å². The lowest BCUT2D eigenvalue weighted by molar-refractivity contribution is 0.666. The van der Waals surface area contributed by atoms with Crippen LogP contribution in [0.5, 0.6) is 0 Å². The number of nitrogens with one attached hydrogen (secondary N) is 2. The van der Waals surface area contributed by atoms with Crippen LogP contribution in [0, 0.1) is 0 Å². The van der Waals surface area contributed by atoms with Crippen molar-refractivity contribution in [1.82, 2.24) is 10.6 Å². The summed E-state index contributed by atoms with van der Waals surface area (Å²) in [5.74, 6) is 0. The van der Waals surface area contributed by atoms with Crippen molar-refractivity contribution in [3.63, 3.8) is 0 Å². The molecule has 0 saturated carbocycles. The maximum absolute atomic E-state index is 7.25. The Balaban J connectivity index is 1.05. The Morgan fingerprint density at radius 1 is 0.656 bits per heavy atom. The fourth-order valence-corrected chi connectivity index (χ4v) is 9.10. The van der Waals surface area contributed by atoms with Crippen LogP contribution in [-0.4, -0.2) is 0 Å². The Labute approximate surface area is 359 Å². The fraction of sp³-hybridized carbons (Fsp3) is 0.103. The molecule has 0 radical (unpaired) electrons. The first-order chi connectivity index (χ1) is 30.0. The zero-order chi connectivity index (χ0) is 41.1. The Morgan fingerprint density at radius 2 is 1.34 bits per heavy atom. The van der Waals surface area contributed by atoms with Gasteiger partial charge in [0.25, 0.3) is 0 Å². The highest BCUT2D eigenvalue weighted by molar-refractivity contribution is 6.14. The Bertz CT molecular complexity index is 3010. The van der Waals surface area contributed by atoms with Crippen LogP contribution in [-0.2, 0) is 12.8 Å². The lowest BCUT2D eigenvalue weighted by atomic mass is 9.85. The van der Waals surface area contributed by atoms with Crippen molar-refractivity contribution in [3.8, 4) is 33.4 Å². The predicted molar refractivity (Wildman–Crippen MR) is 259 cm³/mol. The number of nitrogens with two attached hydrogens (primary N) is 1. The molecule has 3 nitrogen and oxygen atoms in total. The summed E-state index contributed by atoms with van der Waals surface area (Å²) in [7, 11) is 0. The van der Waals surface area contributed by atoms with Gasteiger partial charge in [-0.25, -0.2) is 0 Å². The van der Waals surface area contributed by atoms with E-state index < -0.39 is 6.17 Å². The largest absolute Gasteiger partial charge is 0.378 e. The van der Waals surface area contributed by atoms with Crippen LogP contribution < -0.4 is 16.4 Å². The number of allylic oxidation sites excluding steroid dienone is 5. The average molecular weight is 788 g/mol. The van der Waals surface area contributed by atoms with Crippen LogP contribution in [0.2, 0.25) is 0 Å². The molecule has 3 heteroatoms. The number of fused-ring (bicyclic) bond motifs is 6. The second-order valence-electron chi connectivity index (χ2n) is 16.3. The van der Waals surface area contributed by atoms with Gasteiger partial charge >= 0.3 is 0 Å². The maximum Gasteiger partial charge on any atom is 0.101 e. The lowest BCUT2D eigenvalue weighted by Gasteiger charge is -2.22. The molecule has 8 aromatic carbocycles. The molecule has 8 aromatic rings. The zero-order valence-electron chi connectivity index (χ0n) is 34.5. The van der Waals surface area contributed by atoms with Gasteiger partial charge in [0, 0.05) is 11.4 Å². The highest BCUT2D eigenvalue weighted by Crippen LogP contribution is 2.40. The minimum absolute atomic E-state index is 0.161. The van der Waals surface area contributed by atoms with Gasteiger partial charge in [-0.2, -0.15) is 0 Å². The average Bonchev–Trinajstić information content (AvgIpc) is 3.33. The van der Waals surface area contributed by atoms with Crippen LogP contribution in [0.15, 0.2) is 206 Å². The first-order valence-corrected chi connectivity index (χ1v) is 21.5. The second kappa shape index (κ2) is 16.8. The number of rotatable bonds is 10. The van der Waals surface area contributed by atoms with E-state index in [-0.39, 0.29) is 6.04 Å². The topological polar surface area (TPSA) is 50.1 Å². The summed E-state index contributed by atoms with van der Waals surface area (Å²) in [5, 5.41) is 12.6. The van der Waals surface area contributed by atoms with Gasteiger partial charge in [-0.3, -0.25) is 0 Å². The Hall–Kier alpha value is -7.20. The highest BCUT2D eigenvalue weighted by atomic mass is 15.0. The molecular weight excluding hydrogens is 739 g/mol. The van der Waals surface area contributed by atoms with Crippen LogP contribution in [0.1, 0.15) is 58.9 Å². The second-order valence-corrected chi connectivity index (χ2v) is 16.3. The summed E-state index contributed by atoms with van der Waals surface area (Å²) in [5.41, 5.74) is 23.8. The van der Waals surface area contributed by atoms with E-state index in [2.05, 4.69) is 224 Å². The van der Waals surface area contributed by atoms with E-state index in [0.717, 1.165) is 52.8 Å². The highest BCUT2D eigenvalue weighted by Gasteiger charge is 2.18. The number of benzene rings is 8. The quantitative estimate of drug-likeness (QED) is 0.0956. The molecule has 1 aliphatic carbocycles. The van der Waals surface area contributed by atoms with Crippen LogP contribution in [0.4, 0.5) is 0 Å². The summed E-state index contributed by atoms with van der Waals surface area (Å²) in [6, 6.07) is 61.8. The molecule has 2 unspecified atom stereocenters. The monoisotopic (exact) mass is 787 g/mol. The van der Waals surface area contributed by atoms with E-state index in [4.69, 9.17) is 5.73 Å². The summed E-state index contributed by atoms with van der Waals surface area (Å²) < 4.78 is 0. The van der Waals surface area contributed by atoms with Crippen molar-refractivity contribution < 1.29 is 0 Å². The van der Waals surface area contributed by atoms with E-state index in [1.165, 1.54) is 66.2 Å². The zero-order valence-corrected chi connectivity index (χ0v) is 34.5. The minimum atomic E-state index is -0.470. The molecule has 0 saturated heterocycles. The molecule has 2 aliphatic rings. The number of dihydropyridines is 1. The van der Waals surface area contributed by atoms with Gasteiger partial charge in [-0.15, -0.1) is 0 Å². The molecular formula is C58H49N3. The summed E-state index contributed by atoms with van der Waals surface area (Å²) in [4.78, 5) is 0. The van der Waals surface area contributed by atoms with Crippen molar-refractivity contribution in [2.45, 2.75) is 38.4 Å². The van der Waals surface area contributed by atoms with Crippen molar-refractivity contribution in [2.75, 3.05) is 0 Å². The molecule has 4 N–H and O–H groups in total. The summed E-state index contributed by atoms with van der Waals surface area (Å²) in [6.07, 6.45) is 15.8. The predicted octanol–water partition coefficient (Wildman–Crippen LogP) is 13.9. The normalized spacial score (nSPS) is 15.3. The van der Waals surface area contributed by atoms with Crippen LogP contribution >= 0.6 is 0 Å². The SMILES string of the molecule is CC1=CC=CC(c2cccc(-c3ccc(-c4cc(-c5ccc6c7c(c8ccccc8c6c5)CCC=C7)cc(C(N)N/C(=C\Cc5ccccc5)c5ccccc5)c4)cc3)c2)N1. The molecule has 0 fully saturated rings.